The molecule has 19 heavy (non-hydrogen) atoms. The van der Waals surface area contributed by atoms with Crippen LogP contribution in [-0.2, 0) is 14.4 Å². The summed E-state index contributed by atoms with van der Waals surface area (Å²) in [7, 11) is 0. The molecule has 0 aromatic heterocycles. The predicted molar refractivity (Wildman–Crippen MR) is 68.0 cm³/mol. The highest BCUT2D eigenvalue weighted by molar-refractivity contribution is 7.94. The smallest absolute Gasteiger partial charge is 0.239 e. The van der Waals surface area contributed by atoms with E-state index in [9.17, 15) is 19.5 Å². The minimum atomic E-state index is -1.23. The monoisotopic (exact) mass is 291 g/mol. The lowest BCUT2D eigenvalue weighted by Gasteiger charge is -2.23. The number of carbonyl (C=O) groups is 3. The second-order valence-corrected chi connectivity index (χ2v) is 4.87. The molecule has 0 radical (unpaired) electrons. The Hall–Kier alpha value is -1.32. The molecular formula is C10H17N3O5S. The first-order chi connectivity index (χ1) is 9.08. The molecule has 108 valence electrons. The SMILES string of the molecule is O=CNCC(=O)NC(CC1CCNC1=O)C(O)SO. The molecule has 3 amide bonds. The molecule has 3 unspecified atom stereocenters. The fourth-order valence-corrected chi connectivity index (χ4v) is 2.21. The van der Waals surface area contributed by atoms with Gasteiger partial charge in [0.25, 0.3) is 0 Å². The molecule has 0 aromatic rings. The number of aliphatic hydroxyl groups excluding tert-OH is 1. The summed E-state index contributed by atoms with van der Waals surface area (Å²) in [6.45, 7) is 0.346. The second-order valence-electron chi connectivity index (χ2n) is 4.18. The van der Waals surface area contributed by atoms with Crippen LogP contribution >= 0.6 is 12.0 Å². The number of hydrogen-bond donors (Lipinski definition) is 5. The predicted octanol–water partition coefficient (Wildman–Crippen LogP) is -1.73. The van der Waals surface area contributed by atoms with Crippen molar-refractivity contribution in [2.75, 3.05) is 13.1 Å². The van der Waals surface area contributed by atoms with Crippen molar-refractivity contribution in [1.29, 1.82) is 0 Å². The van der Waals surface area contributed by atoms with Crippen LogP contribution in [0.5, 0.6) is 0 Å². The molecule has 0 saturated carbocycles. The van der Waals surface area contributed by atoms with Gasteiger partial charge in [-0.1, -0.05) is 0 Å². The maximum atomic E-state index is 11.5. The summed E-state index contributed by atoms with van der Waals surface area (Å²) >= 11 is 0.202. The van der Waals surface area contributed by atoms with Crippen molar-refractivity contribution < 1.29 is 24.0 Å². The zero-order valence-corrected chi connectivity index (χ0v) is 11.0. The average Bonchev–Trinajstić information content (AvgIpc) is 2.80. The first kappa shape index (κ1) is 15.7. The van der Waals surface area contributed by atoms with Gasteiger partial charge in [0.2, 0.25) is 18.2 Å². The molecule has 1 heterocycles. The molecule has 9 heteroatoms. The summed E-state index contributed by atoms with van der Waals surface area (Å²) in [4.78, 5) is 33.0. The summed E-state index contributed by atoms with van der Waals surface area (Å²) in [5, 5.41) is 16.9. The van der Waals surface area contributed by atoms with E-state index in [1.807, 2.05) is 0 Å². The highest BCUT2D eigenvalue weighted by atomic mass is 32.2. The summed E-state index contributed by atoms with van der Waals surface area (Å²) in [5.41, 5.74) is -1.23. The van der Waals surface area contributed by atoms with Crippen LogP contribution in [-0.4, -0.2) is 52.5 Å². The number of nitrogens with one attached hydrogen (secondary N) is 3. The van der Waals surface area contributed by atoms with E-state index in [0.717, 1.165) is 0 Å². The van der Waals surface area contributed by atoms with Gasteiger partial charge in [0.1, 0.15) is 5.44 Å². The maximum Gasteiger partial charge on any atom is 0.239 e. The minimum absolute atomic E-state index is 0.125. The van der Waals surface area contributed by atoms with Gasteiger partial charge < -0.3 is 25.6 Å². The van der Waals surface area contributed by atoms with E-state index in [4.69, 9.17) is 4.55 Å². The highest BCUT2D eigenvalue weighted by Crippen LogP contribution is 2.20. The summed E-state index contributed by atoms with van der Waals surface area (Å²) < 4.78 is 8.88. The van der Waals surface area contributed by atoms with E-state index < -0.39 is 17.4 Å². The molecule has 0 aliphatic carbocycles. The fourth-order valence-electron chi connectivity index (χ4n) is 1.89. The van der Waals surface area contributed by atoms with Crippen molar-refractivity contribution in [2.24, 2.45) is 5.92 Å². The Morgan fingerprint density at radius 3 is 2.89 bits per heavy atom. The number of carbonyl (C=O) groups excluding carboxylic acids is 3. The first-order valence-electron chi connectivity index (χ1n) is 5.81. The number of hydrogen-bond acceptors (Lipinski definition) is 6. The summed E-state index contributed by atoms with van der Waals surface area (Å²) in [6.07, 6.45) is 1.24. The Labute approximate surface area is 114 Å². The molecule has 8 nitrogen and oxygen atoms in total. The van der Waals surface area contributed by atoms with Crippen LogP contribution < -0.4 is 16.0 Å². The lowest BCUT2D eigenvalue weighted by molar-refractivity contribution is -0.125. The quantitative estimate of drug-likeness (QED) is 0.205. The van der Waals surface area contributed by atoms with Gasteiger partial charge >= 0.3 is 0 Å². The third-order valence-electron chi connectivity index (χ3n) is 2.85. The van der Waals surface area contributed by atoms with Crippen LogP contribution in [0.4, 0.5) is 0 Å². The molecule has 1 rings (SSSR count). The van der Waals surface area contributed by atoms with Crippen LogP contribution in [0, 0.1) is 5.92 Å². The molecule has 0 aromatic carbocycles. The van der Waals surface area contributed by atoms with E-state index in [1.54, 1.807) is 0 Å². The van der Waals surface area contributed by atoms with E-state index in [1.165, 1.54) is 0 Å². The normalized spacial score (nSPS) is 21.4. The average molecular weight is 291 g/mol. The first-order valence-corrected chi connectivity index (χ1v) is 6.64. The van der Waals surface area contributed by atoms with Gasteiger partial charge in [-0.2, -0.15) is 0 Å². The molecule has 1 aliphatic heterocycles. The number of aliphatic hydroxyl groups is 1. The zero-order chi connectivity index (χ0) is 14.3. The van der Waals surface area contributed by atoms with Gasteiger partial charge in [-0.25, -0.2) is 0 Å². The number of rotatable bonds is 8. The summed E-state index contributed by atoms with van der Waals surface area (Å²) in [5.74, 6) is -0.921. The molecule has 5 N–H and O–H groups in total. The Balaban J connectivity index is 2.53. The van der Waals surface area contributed by atoms with Crippen LogP contribution in [0.15, 0.2) is 0 Å². The molecule has 1 fully saturated rings. The standard InChI is InChI=1S/C10H17N3O5S/c14-5-11-4-8(15)13-7(10(17)19-18)3-6-1-2-12-9(6)16/h5-7,10,17-18H,1-4H2,(H,11,14)(H,12,16)(H,13,15). The highest BCUT2D eigenvalue weighted by Gasteiger charge is 2.31. The molecule has 0 spiro atoms. The fraction of sp³-hybridized carbons (Fsp3) is 0.700. The Morgan fingerprint density at radius 2 is 2.37 bits per heavy atom. The van der Waals surface area contributed by atoms with Gasteiger partial charge in [-0.3, -0.25) is 14.4 Å². The van der Waals surface area contributed by atoms with Crippen molar-refractivity contribution >= 4 is 30.3 Å². The van der Waals surface area contributed by atoms with Crippen molar-refractivity contribution in [3.8, 4) is 0 Å². The lowest BCUT2D eigenvalue weighted by Crippen LogP contribution is -2.46. The lowest BCUT2D eigenvalue weighted by atomic mass is 9.98. The number of amides is 3. The van der Waals surface area contributed by atoms with Crippen molar-refractivity contribution in [3.63, 3.8) is 0 Å². The topological polar surface area (TPSA) is 128 Å². The largest absolute Gasteiger partial charge is 0.378 e. The summed E-state index contributed by atoms with van der Waals surface area (Å²) in [6, 6.07) is -0.759. The Bertz CT molecular complexity index is 341. The van der Waals surface area contributed by atoms with Crippen LogP contribution in [0.25, 0.3) is 0 Å². The van der Waals surface area contributed by atoms with E-state index in [2.05, 4.69) is 16.0 Å². The van der Waals surface area contributed by atoms with E-state index in [0.29, 0.717) is 19.4 Å². The van der Waals surface area contributed by atoms with Crippen LogP contribution in [0.1, 0.15) is 12.8 Å². The molecule has 1 saturated heterocycles. The Morgan fingerprint density at radius 1 is 1.63 bits per heavy atom. The van der Waals surface area contributed by atoms with Gasteiger partial charge in [0, 0.05) is 24.5 Å². The van der Waals surface area contributed by atoms with Gasteiger partial charge in [0.15, 0.2) is 0 Å². The minimum Gasteiger partial charge on any atom is -0.378 e. The van der Waals surface area contributed by atoms with E-state index >= 15 is 0 Å². The molecule has 0 bridgehead atoms. The van der Waals surface area contributed by atoms with Crippen molar-refractivity contribution in [1.82, 2.24) is 16.0 Å². The molecule has 3 atom stereocenters. The van der Waals surface area contributed by atoms with Crippen molar-refractivity contribution in [2.45, 2.75) is 24.3 Å². The van der Waals surface area contributed by atoms with E-state index in [-0.39, 0.29) is 36.8 Å². The third-order valence-corrected chi connectivity index (χ3v) is 3.39. The molecule has 1 aliphatic rings. The van der Waals surface area contributed by atoms with Crippen LogP contribution in [0.2, 0.25) is 0 Å². The van der Waals surface area contributed by atoms with Crippen molar-refractivity contribution in [3.05, 3.63) is 0 Å². The van der Waals surface area contributed by atoms with Gasteiger partial charge in [-0.05, 0) is 12.8 Å². The molecular weight excluding hydrogens is 274 g/mol. The zero-order valence-electron chi connectivity index (χ0n) is 10.2. The Kier molecular flexibility index (Phi) is 6.60. The van der Waals surface area contributed by atoms with Gasteiger partial charge in [0.05, 0.1) is 12.6 Å². The third kappa shape index (κ3) is 5.05. The maximum absolute atomic E-state index is 11.5. The van der Waals surface area contributed by atoms with Crippen LogP contribution in [0.3, 0.4) is 0 Å². The second kappa shape index (κ2) is 7.97. The van der Waals surface area contributed by atoms with Gasteiger partial charge in [-0.15, -0.1) is 0 Å².